The Bertz CT molecular complexity index is 305. The maximum atomic E-state index is 9.73. The van der Waals surface area contributed by atoms with Gasteiger partial charge in [0.2, 0.25) is 0 Å². The summed E-state index contributed by atoms with van der Waals surface area (Å²) in [6.07, 6.45) is 4.31. The molecule has 0 aromatic heterocycles. The third-order valence-electron chi connectivity index (χ3n) is 4.27. The zero-order valence-corrected chi connectivity index (χ0v) is 15.6. The van der Waals surface area contributed by atoms with Crippen molar-refractivity contribution >= 4 is 0 Å². The quantitative estimate of drug-likeness (QED) is 0.497. The minimum absolute atomic E-state index is 0.134. The van der Waals surface area contributed by atoms with E-state index in [9.17, 15) is 5.11 Å². The molecule has 0 aromatic carbocycles. The summed E-state index contributed by atoms with van der Waals surface area (Å²) in [5.41, 5.74) is 6.36. The largest absolute Gasteiger partial charge is 0.394 e. The highest BCUT2D eigenvalue weighted by atomic mass is 16.7. The first-order chi connectivity index (χ1) is 11.7. The number of rotatable bonds is 13. The minimum Gasteiger partial charge on any atom is -0.394 e. The number of nitrogens with two attached hydrogens (primary N) is 1. The number of aliphatic hydroxyl groups excluding tert-OH is 1. The maximum absolute atomic E-state index is 9.73. The van der Waals surface area contributed by atoms with Crippen LogP contribution in [0.2, 0.25) is 0 Å². The molecule has 3 N–H and O–H groups in total. The van der Waals surface area contributed by atoms with E-state index < -0.39 is 18.4 Å². The second-order valence-corrected chi connectivity index (χ2v) is 6.41. The lowest BCUT2D eigenvalue weighted by Gasteiger charge is -2.44. The van der Waals surface area contributed by atoms with Gasteiger partial charge in [0.1, 0.15) is 18.3 Å². The molecule has 0 spiro atoms. The molecule has 6 nitrogen and oxygen atoms in total. The van der Waals surface area contributed by atoms with Gasteiger partial charge in [-0.25, -0.2) is 0 Å². The van der Waals surface area contributed by atoms with Crippen molar-refractivity contribution < 1.29 is 24.1 Å². The van der Waals surface area contributed by atoms with E-state index >= 15 is 0 Å². The highest BCUT2D eigenvalue weighted by Gasteiger charge is 2.46. The average molecular weight is 347 g/mol. The van der Waals surface area contributed by atoms with Gasteiger partial charge in [0, 0.05) is 19.8 Å². The molecule has 1 rings (SSSR count). The molecule has 144 valence electrons. The predicted molar refractivity (Wildman–Crippen MR) is 93.9 cm³/mol. The maximum Gasteiger partial charge on any atom is 0.175 e. The van der Waals surface area contributed by atoms with Gasteiger partial charge in [-0.15, -0.1) is 0 Å². The molecule has 3 unspecified atom stereocenters. The van der Waals surface area contributed by atoms with Crippen LogP contribution in [0.1, 0.15) is 59.3 Å². The van der Waals surface area contributed by atoms with Crippen molar-refractivity contribution in [2.75, 3.05) is 26.4 Å². The van der Waals surface area contributed by atoms with Crippen LogP contribution in [0, 0.1) is 0 Å². The molecule has 1 heterocycles. The Morgan fingerprint density at radius 3 is 1.83 bits per heavy atom. The summed E-state index contributed by atoms with van der Waals surface area (Å²) in [5.74, 6) is 0. The Balaban J connectivity index is 2.73. The molecule has 1 fully saturated rings. The van der Waals surface area contributed by atoms with Crippen LogP contribution in [0.15, 0.2) is 0 Å². The zero-order valence-electron chi connectivity index (χ0n) is 15.6. The van der Waals surface area contributed by atoms with E-state index in [1.165, 1.54) is 0 Å². The molecule has 1 saturated heterocycles. The molecular weight excluding hydrogens is 310 g/mol. The van der Waals surface area contributed by atoms with Gasteiger partial charge in [-0.05, 0) is 19.3 Å². The van der Waals surface area contributed by atoms with E-state index in [1.807, 2.05) is 0 Å². The Kier molecular flexibility index (Phi) is 11.8. The van der Waals surface area contributed by atoms with Gasteiger partial charge in [-0.1, -0.05) is 40.0 Å². The molecule has 0 bridgehead atoms. The van der Waals surface area contributed by atoms with E-state index in [0.717, 1.165) is 38.5 Å². The number of hydrogen-bond acceptors (Lipinski definition) is 6. The zero-order chi connectivity index (χ0) is 17.8. The summed E-state index contributed by atoms with van der Waals surface area (Å²) in [5, 5.41) is 9.73. The Morgan fingerprint density at radius 2 is 1.33 bits per heavy atom. The molecule has 0 radical (unpaired) electrons. The van der Waals surface area contributed by atoms with Crippen LogP contribution >= 0.6 is 0 Å². The first kappa shape index (κ1) is 21.8. The fourth-order valence-corrected chi connectivity index (χ4v) is 2.70. The molecular formula is C18H37NO5. The second kappa shape index (κ2) is 13.0. The first-order valence-corrected chi connectivity index (χ1v) is 9.56. The number of unbranched alkanes of at least 4 members (excludes halogenated alkanes) is 3. The molecule has 1 aliphatic rings. The summed E-state index contributed by atoms with van der Waals surface area (Å²) < 4.78 is 23.7. The monoisotopic (exact) mass is 347 g/mol. The third-order valence-corrected chi connectivity index (χ3v) is 4.27. The van der Waals surface area contributed by atoms with Crippen molar-refractivity contribution in [3.63, 3.8) is 0 Å². The van der Waals surface area contributed by atoms with Crippen molar-refractivity contribution in [2.45, 2.75) is 89.9 Å². The van der Waals surface area contributed by atoms with Crippen LogP contribution in [0.4, 0.5) is 0 Å². The summed E-state index contributed by atoms with van der Waals surface area (Å²) in [6, 6.07) is -0.423. The average Bonchev–Trinajstić information content (AvgIpc) is 2.59. The lowest BCUT2D eigenvalue weighted by Crippen LogP contribution is -2.64. The predicted octanol–water partition coefficient (Wildman–Crippen LogP) is 2.22. The van der Waals surface area contributed by atoms with Gasteiger partial charge in [0.25, 0.3) is 0 Å². The number of ether oxygens (including phenoxy) is 4. The van der Waals surface area contributed by atoms with Crippen molar-refractivity contribution in [1.29, 1.82) is 0 Å². The second-order valence-electron chi connectivity index (χ2n) is 6.41. The summed E-state index contributed by atoms with van der Waals surface area (Å²) in [7, 11) is 0. The van der Waals surface area contributed by atoms with Gasteiger partial charge in [0.15, 0.2) is 6.29 Å². The standard InChI is InChI=1S/C18H37NO5/c1-4-7-10-21-16-14(13-20)24-18(23-12-9-6-3)15(19)17(16)22-11-8-5-2/h14-18,20H,4-13,19H2,1-3H3/t14?,15?,16-,17?,18-/m0/s1. The van der Waals surface area contributed by atoms with Gasteiger partial charge >= 0.3 is 0 Å². The van der Waals surface area contributed by atoms with Crippen LogP contribution in [-0.2, 0) is 18.9 Å². The van der Waals surface area contributed by atoms with Crippen LogP contribution in [0.5, 0.6) is 0 Å². The van der Waals surface area contributed by atoms with E-state index in [-0.39, 0.29) is 18.8 Å². The highest BCUT2D eigenvalue weighted by Crippen LogP contribution is 2.26. The number of hydrogen-bond donors (Lipinski definition) is 2. The van der Waals surface area contributed by atoms with E-state index in [2.05, 4.69) is 20.8 Å². The molecule has 5 atom stereocenters. The topological polar surface area (TPSA) is 83.2 Å². The van der Waals surface area contributed by atoms with Crippen molar-refractivity contribution in [1.82, 2.24) is 0 Å². The van der Waals surface area contributed by atoms with E-state index in [0.29, 0.717) is 19.8 Å². The van der Waals surface area contributed by atoms with Crippen molar-refractivity contribution in [3.8, 4) is 0 Å². The van der Waals surface area contributed by atoms with Gasteiger partial charge in [0.05, 0.1) is 12.6 Å². The lowest BCUT2D eigenvalue weighted by atomic mass is 9.97. The molecule has 0 saturated carbocycles. The summed E-state index contributed by atoms with van der Waals surface area (Å²) in [4.78, 5) is 0. The minimum atomic E-state index is -0.564. The van der Waals surface area contributed by atoms with Crippen molar-refractivity contribution in [3.05, 3.63) is 0 Å². The molecule has 6 heteroatoms. The van der Waals surface area contributed by atoms with Crippen molar-refractivity contribution in [2.24, 2.45) is 5.73 Å². The third kappa shape index (κ3) is 6.94. The van der Waals surface area contributed by atoms with E-state index in [4.69, 9.17) is 24.7 Å². The first-order valence-electron chi connectivity index (χ1n) is 9.56. The Hall–Kier alpha value is -0.240. The smallest absolute Gasteiger partial charge is 0.175 e. The molecule has 0 amide bonds. The molecule has 24 heavy (non-hydrogen) atoms. The fraction of sp³-hybridized carbons (Fsp3) is 1.00. The van der Waals surface area contributed by atoms with Crippen LogP contribution in [0.25, 0.3) is 0 Å². The van der Waals surface area contributed by atoms with E-state index in [1.54, 1.807) is 0 Å². The molecule has 1 aliphatic heterocycles. The lowest BCUT2D eigenvalue weighted by molar-refractivity contribution is -0.280. The van der Waals surface area contributed by atoms with Crippen LogP contribution in [-0.4, -0.2) is 62.2 Å². The summed E-state index contributed by atoms with van der Waals surface area (Å²) >= 11 is 0. The van der Waals surface area contributed by atoms with Gasteiger partial charge in [-0.2, -0.15) is 0 Å². The summed E-state index contributed by atoms with van der Waals surface area (Å²) in [6.45, 7) is 8.04. The molecule has 0 aliphatic carbocycles. The van der Waals surface area contributed by atoms with Gasteiger partial charge < -0.3 is 29.8 Å². The van der Waals surface area contributed by atoms with Crippen LogP contribution in [0.3, 0.4) is 0 Å². The van der Waals surface area contributed by atoms with Gasteiger partial charge in [-0.3, -0.25) is 0 Å². The fourth-order valence-electron chi connectivity index (χ4n) is 2.70. The normalized spacial score (nSPS) is 30.6. The Labute approximate surface area is 147 Å². The SMILES string of the molecule is CCCCOC1C(N)[C@@H](OCCCC)OC(CO)[C@@H]1OCCCC. The number of aliphatic hydroxyl groups is 1. The Morgan fingerprint density at radius 1 is 0.833 bits per heavy atom. The van der Waals surface area contributed by atoms with Crippen LogP contribution < -0.4 is 5.73 Å². The molecule has 0 aromatic rings. The highest BCUT2D eigenvalue weighted by molar-refractivity contribution is 4.94.